The number of carbonyl (C=O) groups excluding carboxylic acids is 1. The molecule has 0 saturated carbocycles. The Balaban J connectivity index is 2.61. The van der Waals surface area contributed by atoms with E-state index in [0.29, 0.717) is 10.8 Å². The van der Waals surface area contributed by atoms with Gasteiger partial charge in [0.2, 0.25) is 0 Å². The van der Waals surface area contributed by atoms with Crippen molar-refractivity contribution in [2.45, 2.75) is 0 Å². The summed E-state index contributed by atoms with van der Waals surface area (Å²) in [6.45, 7) is 0. The number of rotatable bonds is 4. The minimum absolute atomic E-state index is 0.0857. The maximum Gasteiger partial charge on any atom is 0.324 e. The normalized spacial score (nSPS) is 10.1. The summed E-state index contributed by atoms with van der Waals surface area (Å²) in [7, 11) is 1.41. The number of methoxy groups -OCH3 is 1. The van der Waals surface area contributed by atoms with Crippen molar-refractivity contribution in [2.24, 2.45) is 5.73 Å². The van der Waals surface area contributed by atoms with Crippen molar-refractivity contribution >= 4 is 33.7 Å². The Morgan fingerprint density at radius 2 is 2.19 bits per heavy atom. The highest BCUT2D eigenvalue weighted by molar-refractivity contribution is 7.14. The molecule has 3 N–H and O–H groups in total. The number of nitro groups is 1. The van der Waals surface area contributed by atoms with Crippen LogP contribution >= 0.6 is 11.3 Å². The van der Waals surface area contributed by atoms with E-state index in [2.05, 4.69) is 0 Å². The first-order chi connectivity index (χ1) is 9.95. The third kappa shape index (κ3) is 2.72. The van der Waals surface area contributed by atoms with Gasteiger partial charge >= 0.3 is 6.03 Å². The molecule has 2 aromatic rings. The molecule has 0 aliphatic rings. The zero-order valence-corrected chi connectivity index (χ0v) is 11.7. The van der Waals surface area contributed by atoms with Crippen LogP contribution in [0.2, 0.25) is 0 Å². The lowest BCUT2D eigenvalue weighted by molar-refractivity contribution is -0.384. The highest BCUT2D eigenvalue weighted by atomic mass is 32.1. The van der Waals surface area contributed by atoms with E-state index in [-0.39, 0.29) is 17.1 Å². The SMILES string of the molecule is COc1ccsc1N(C(N)=O)c1cc([N+](=O)[O-])ccc1O. The van der Waals surface area contributed by atoms with Crippen molar-refractivity contribution in [1.82, 2.24) is 0 Å². The first-order valence-electron chi connectivity index (χ1n) is 5.64. The molecule has 110 valence electrons. The monoisotopic (exact) mass is 309 g/mol. The number of benzene rings is 1. The molecule has 21 heavy (non-hydrogen) atoms. The number of hydrogen-bond donors (Lipinski definition) is 2. The molecule has 0 bridgehead atoms. The summed E-state index contributed by atoms with van der Waals surface area (Å²) in [6.07, 6.45) is 0. The Morgan fingerprint density at radius 3 is 2.76 bits per heavy atom. The van der Waals surface area contributed by atoms with E-state index < -0.39 is 11.0 Å². The van der Waals surface area contributed by atoms with Crippen LogP contribution in [0.5, 0.6) is 11.5 Å². The number of amides is 2. The van der Waals surface area contributed by atoms with Crippen molar-refractivity contribution < 1.29 is 19.6 Å². The Hall–Kier alpha value is -2.81. The number of thiophene rings is 1. The number of phenolic OH excluding ortho intramolecular Hbond substituents is 1. The van der Waals surface area contributed by atoms with Crippen LogP contribution < -0.4 is 15.4 Å². The molecule has 0 fully saturated rings. The van der Waals surface area contributed by atoms with Crippen LogP contribution in [-0.4, -0.2) is 23.2 Å². The highest BCUT2D eigenvalue weighted by Gasteiger charge is 2.25. The first kappa shape index (κ1) is 14.6. The summed E-state index contributed by atoms with van der Waals surface area (Å²) in [5, 5.41) is 22.7. The summed E-state index contributed by atoms with van der Waals surface area (Å²) in [4.78, 5) is 22.9. The Kier molecular flexibility index (Phi) is 3.94. The average molecular weight is 309 g/mol. The fourth-order valence-electron chi connectivity index (χ4n) is 1.74. The molecule has 2 amide bonds. The maximum atomic E-state index is 11.7. The lowest BCUT2D eigenvalue weighted by Gasteiger charge is -2.20. The van der Waals surface area contributed by atoms with E-state index in [9.17, 15) is 20.0 Å². The third-order valence-electron chi connectivity index (χ3n) is 2.66. The van der Waals surface area contributed by atoms with Crippen LogP contribution in [0.1, 0.15) is 0 Å². The van der Waals surface area contributed by atoms with Crippen LogP contribution in [-0.2, 0) is 0 Å². The lowest BCUT2D eigenvalue weighted by atomic mass is 10.2. The molecule has 8 nitrogen and oxygen atoms in total. The number of urea groups is 1. The predicted molar refractivity (Wildman–Crippen MR) is 77.4 cm³/mol. The molecule has 1 aromatic heterocycles. The van der Waals surface area contributed by atoms with E-state index in [4.69, 9.17) is 10.5 Å². The number of aromatic hydroxyl groups is 1. The van der Waals surface area contributed by atoms with Crippen LogP contribution in [0.4, 0.5) is 21.2 Å². The summed E-state index contributed by atoms with van der Waals surface area (Å²) in [5.74, 6) is 0.0551. The van der Waals surface area contributed by atoms with Gasteiger partial charge in [-0.1, -0.05) is 0 Å². The second-order valence-electron chi connectivity index (χ2n) is 3.90. The zero-order chi connectivity index (χ0) is 15.6. The molecule has 0 unspecified atom stereocenters. The minimum atomic E-state index is -0.897. The molecule has 1 aromatic carbocycles. The molecule has 0 spiro atoms. The second-order valence-corrected chi connectivity index (χ2v) is 4.79. The fourth-order valence-corrected chi connectivity index (χ4v) is 2.62. The number of nitrogens with two attached hydrogens (primary N) is 1. The number of ether oxygens (including phenoxy) is 1. The fraction of sp³-hybridized carbons (Fsp3) is 0.0833. The van der Waals surface area contributed by atoms with Gasteiger partial charge in [0.1, 0.15) is 16.4 Å². The Bertz CT molecular complexity index is 700. The van der Waals surface area contributed by atoms with Gasteiger partial charge in [-0.2, -0.15) is 0 Å². The van der Waals surface area contributed by atoms with Gasteiger partial charge in [0.05, 0.1) is 12.0 Å². The lowest BCUT2D eigenvalue weighted by Crippen LogP contribution is -2.31. The number of primary amides is 1. The number of nitro benzene ring substituents is 1. The second kappa shape index (κ2) is 5.67. The Labute approximate surface area is 123 Å². The van der Waals surface area contributed by atoms with E-state index in [1.54, 1.807) is 11.4 Å². The molecular weight excluding hydrogens is 298 g/mol. The van der Waals surface area contributed by atoms with Crippen molar-refractivity contribution in [1.29, 1.82) is 0 Å². The van der Waals surface area contributed by atoms with Gasteiger partial charge in [-0.05, 0) is 17.5 Å². The summed E-state index contributed by atoms with van der Waals surface area (Å²) in [5.41, 5.74) is 4.98. The largest absolute Gasteiger partial charge is 0.506 e. The van der Waals surface area contributed by atoms with Crippen LogP contribution in [0.25, 0.3) is 0 Å². The van der Waals surface area contributed by atoms with Crippen LogP contribution in [0, 0.1) is 10.1 Å². The average Bonchev–Trinajstić information content (AvgIpc) is 2.88. The van der Waals surface area contributed by atoms with Gasteiger partial charge in [0, 0.05) is 12.1 Å². The highest BCUT2D eigenvalue weighted by Crippen LogP contribution is 2.42. The predicted octanol–water partition coefficient (Wildman–Crippen LogP) is 2.59. The molecule has 0 saturated heterocycles. The first-order valence-corrected chi connectivity index (χ1v) is 6.52. The number of non-ortho nitro benzene ring substituents is 1. The van der Waals surface area contributed by atoms with Gasteiger partial charge in [-0.3, -0.25) is 10.1 Å². The van der Waals surface area contributed by atoms with Gasteiger partial charge in [-0.15, -0.1) is 11.3 Å². The zero-order valence-electron chi connectivity index (χ0n) is 10.8. The van der Waals surface area contributed by atoms with Crippen molar-refractivity contribution in [3.63, 3.8) is 0 Å². The number of hydrogen-bond acceptors (Lipinski definition) is 6. The molecule has 1 heterocycles. The summed E-state index contributed by atoms with van der Waals surface area (Å²) in [6, 6.07) is 4.04. The minimum Gasteiger partial charge on any atom is -0.506 e. The summed E-state index contributed by atoms with van der Waals surface area (Å²) < 4.78 is 5.10. The molecule has 2 rings (SSSR count). The third-order valence-corrected chi connectivity index (χ3v) is 3.54. The molecule has 0 radical (unpaired) electrons. The number of phenols is 1. The number of nitrogens with zero attached hydrogens (tertiary/aromatic N) is 2. The number of anilines is 2. The topological polar surface area (TPSA) is 119 Å². The van der Waals surface area contributed by atoms with Gasteiger partial charge < -0.3 is 15.6 Å². The van der Waals surface area contributed by atoms with Gasteiger partial charge in [0.25, 0.3) is 5.69 Å². The standard InChI is InChI=1S/C12H11N3O5S/c1-20-10-4-5-21-11(10)14(12(13)17)8-6-7(15(18)19)2-3-9(8)16/h2-6,16H,1H3,(H2,13,17). The van der Waals surface area contributed by atoms with E-state index in [0.717, 1.165) is 34.4 Å². The van der Waals surface area contributed by atoms with Crippen molar-refractivity contribution in [3.8, 4) is 11.5 Å². The van der Waals surface area contributed by atoms with E-state index in [1.807, 2.05) is 0 Å². The van der Waals surface area contributed by atoms with Gasteiger partial charge in [-0.25, -0.2) is 9.69 Å². The van der Waals surface area contributed by atoms with E-state index >= 15 is 0 Å². The molecule has 0 aliphatic heterocycles. The maximum absolute atomic E-state index is 11.7. The number of carbonyl (C=O) groups is 1. The molecule has 9 heteroatoms. The van der Waals surface area contributed by atoms with E-state index in [1.165, 1.54) is 7.11 Å². The summed E-state index contributed by atoms with van der Waals surface area (Å²) >= 11 is 1.15. The van der Waals surface area contributed by atoms with Gasteiger partial charge in [0.15, 0.2) is 5.75 Å². The van der Waals surface area contributed by atoms with Crippen LogP contribution in [0.15, 0.2) is 29.6 Å². The Morgan fingerprint density at radius 1 is 1.48 bits per heavy atom. The van der Waals surface area contributed by atoms with Crippen LogP contribution in [0.3, 0.4) is 0 Å². The van der Waals surface area contributed by atoms with Crippen molar-refractivity contribution in [2.75, 3.05) is 12.0 Å². The smallest absolute Gasteiger partial charge is 0.324 e. The van der Waals surface area contributed by atoms with Crippen molar-refractivity contribution in [3.05, 3.63) is 39.8 Å². The molecular formula is C12H11N3O5S. The molecule has 0 aliphatic carbocycles. The quantitative estimate of drug-likeness (QED) is 0.664. The molecule has 0 atom stereocenters.